The van der Waals surface area contributed by atoms with Crippen LogP contribution < -0.4 is 10.6 Å². The predicted octanol–water partition coefficient (Wildman–Crippen LogP) is 3.66. The highest BCUT2D eigenvalue weighted by Gasteiger charge is 2.31. The lowest BCUT2D eigenvalue weighted by atomic mass is 9.98. The average Bonchev–Trinajstić information content (AvgIpc) is 3.23. The molecule has 1 aliphatic rings. The number of benzene rings is 3. The molecule has 0 fully saturated rings. The van der Waals surface area contributed by atoms with Crippen molar-refractivity contribution in [3.05, 3.63) is 95.6 Å². The molecule has 3 aromatic rings. The van der Waals surface area contributed by atoms with Crippen molar-refractivity contribution >= 4 is 18.2 Å². The zero-order valence-electron chi connectivity index (χ0n) is 20.0. The van der Waals surface area contributed by atoms with Crippen LogP contribution in [-0.4, -0.2) is 53.7 Å². The maximum atomic E-state index is 12.4. The first-order chi connectivity index (χ1) is 17.9. The van der Waals surface area contributed by atoms with Crippen LogP contribution in [0.3, 0.4) is 0 Å². The maximum absolute atomic E-state index is 12.4. The van der Waals surface area contributed by atoms with Gasteiger partial charge >= 0.3 is 18.2 Å². The lowest BCUT2D eigenvalue weighted by molar-refractivity contribution is -0.142. The third-order valence-electron chi connectivity index (χ3n) is 6.19. The molecule has 2 unspecified atom stereocenters. The number of fused-ring (bicyclic) bond motifs is 3. The number of rotatable bonds is 10. The van der Waals surface area contributed by atoms with Crippen molar-refractivity contribution in [2.75, 3.05) is 13.2 Å². The minimum absolute atomic E-state index is 0.0110. The standard InChI is InChI=1S/C28H28N2O7/c31-24(14-15-29-27(34)36-16-18-8-2-1-3-9-18)25(26(32)33)30-28(35)37-17-23-21-12-6-4-10-19(21)20-11-5-7-13-22(20)23/h1-13,23-25,31H,14-17H2,(H,29,34)(H,30,35)(H,32,33). The summed E-state index contributed by atoms with van der Waals surface area (Å²) in [5.41, 5.74) is 5.01. The number of amides is 2. The third kappa shape index (κ3) is 6.45. The monoisotopic (exact) mass is 504 g/mol. The number of carbonyl (C=O) groups is 3. The number of aliphatic hydroxyl groups excluding tert-OH is 1. The fourth-order valence-electron chi connectivity index (χ4n) is 4.35. The van der Waals surface area contributed by atoms with Gasteiger partial charge in [0.05, 0.1) is 6.10 Å². The van der Waals surface area contributed by atoms with Crippen molar-refractivity contribution in [3.63, 3.8) is 0 Å². The minimum Gasteiger partial charge on any atom is -0.480 e. The number of carbonyl (C=O) groups excluding carboxylic acids is 2. The Hall–Kier alpha value is -4.37. The summed E-state index contributed by atoms with van der Waals surface area (Å²) in [4.78, 5) is 36.0. The highest BCUT2D eigenvalue weighted by molar-refractivity contribution is 5.81. The molecule has 0 bridgehead atoms. The van der Waals surface area contributed by atoms with Crippen LogP contribution in [0.4, 0.5) is 9.59 Å². The number of aliphatic carboxylic acids is 1. The second-order valence-corrected chi connectivity index (χ2v) is 8.63. The fraction of sp³-hybridized carbons (Fsp3) is 0.250. The van der Waals surface area contributed by atoms with Gasteiger partial charge < -0.3 is 30.3 Å². The van der Waals surface area contributed by atoms with Crippen LogP contribution in [0, 0.1) is 0 Å². The fourth-order valence-corrected chi connectivity index (χ4v) is 4.35. The summed E-state index contributed by atoms with van der Waals surface area (Å²) in [6.45, 7) is 0.0400. The Morgan fingerprint density at radius 2 is 1.41 bits per heavy atom. The number of ether oxygens (including phenoxy) is 2. The van der Waals surface area contributed by atoms with E-state index in [1.165, 1.54) is 0 Å². The van der Waals surface area contributed by atoms with Crippen LogP contribution in [0.1, 0.15) is 29.0 Å². The number of alkyl carbamates (subject to hydrolysis) is 2. The van der Waals surface area contributed by atoms with Crippen LogP contribution in [0.15, 0.2) is 78.9 Å². The zero-order chi connectivity index (χ0) is 26.2. The molecule has 0 radical (unpaired) electrons. The van der Waals surface area contributed by atoms with E-state index < -0.39 is 30.3 Å². The molecule has 0 saturated heterocycles. The molecule has 2 atom stereocenters. The Labute approximate surface area is 214 Å². The molecule has 4 N–H and O–H groups in total. The van der Waals surface area contributed by atoms with Gasteiger partial charge in [0, 0.05) is 12.5 Å². The number of nitrogens with one attached hydrogen (secondary N) is 2. The number of carboxylic acids is 1. The summed E-state index contributed by atoms with van der Waals surface area (Å²) in [6, 6.07) is 23.2. The smallest absolute Gasteiger partial charge is 0.407 e. The summed E-state index contributed by atoms with van der Waals surface area (Å²) in [7, 11) is 0. The molecule has 0 aliphatic heterocycles. The Balaban J connectivity index is 1.25. The Morgan fingerprint density at radius 1 is 0.811 bits per heavy atom. The number of carboxylic acid groups (broad SMARTS) is 1. The summed E-state index contributed by atoms with van der Waals surface area (Å²) >= 11 is 0. The summed E-state index contributed by atoms with van der Waals surface area (Å²) in [5, 5.41) is 24.5. The molecule has 192 valence electrons. The van der Waals surface area contributed by atoms with Gasteiger partial charge in [0.25, 0.3) is 0 Å². The molecule has 3 aromatic carbocycles. The first-order valence-corrected chi connectivity index (χ1v) is 11.9. The van der Waals surface area contributed by atoms with Crippen molar-refractivity contribution < 1.29 is 34.1 Å². The molecule has 37 heavy (non-hydrogen) atoms. The van der Waals surface area contributed by atoms with E-state index in [9.17, 15) is 24.6 Å². The van der Waals surface area contributed by atoms with Gasteiger partial charge in [-0.1, -0.05) is 78.9 Å². The predicted molar refractivity (Wildman–Crippen MR) is 135 cm³/mol. The summed E-state index contributed by atoms with van der Waals surface area (Å²) < 4.78 is 10.4. The van der Waals surface area contributed by atoms with E-state index in [1.807, 2.05) is 78.9 Å². The first-order valence-electron chi connectivity index (χ1n) is 11.9. The van der Waals surface area contributed by atoms with Gasteiger partial charge in [-0.3, -0.25) is 0 Å². The molecule has 9 heteroatoms. The second-order valence-electron chi connectivity index (χ2n) is 8.63. The third-order valence-corrected chi connectivity index (χ3v) is 6.19. The van der Waals surface area contributed by atoms with Crippen molar-refractivity contribution in [3.8, 4) is 11.1 Å². The van der Waals surface area contributed by atoms with E-state index >= 15 is 0 Å². The van der Waals surface area contributed by atoms with E-state index in [1.54, 1.807) is 0 Å². The van der Waals surface area contributed by atoms with Crippen molar-refractivity contribution in [2.45, 2.75) is 31.1 Å². The van der Waals surface area contributed by atoms with Crippen LogP contribution in [0.25, 0.3) is 11.1 Å². The van der Waals surface area contributed by atoms with E-state index in [2.05, 4.69) is 10.6 Å². The molecular weight excluding hydrogens is 476 g/mol. The van der Waals surface area contributed by atoms with Gasteiger partial charge in [0.2, 0.25) is 0 Å². The maximum Gasteiger partial charge on any atom is 0.407 e. The molecule has 4 rings (SSSR count). The van der Waals surface area contributed by atoms with E-state index in [0.29, 0.717) is 0 Å². The number of aliphatic hydroxyl groups is 1. The molecule has 0 spiro atoms. The van der Waals surface area contributed by atoms with Crippen LogP contribution >= 0.6 is 0 Å². The number of hydrogen-bond acceptors (Lipinski definition) is 6. The average molecular weight is 505 g/mol. The molecule has 0 heterocycles. The molecule has 0 saturated carbocycles. The topological polar surface area (TPSA) is 134 Å². The molecular formula is C28H28N2O7. The minimum atomic E-state index is -1.61. The van der Waals surface area contributed by atoms with Gasteiger partial charge in [-0.25, -0.2) is 14.4 Å². The van der Waals surface area contributed by atoms with E-state index in [-0.39, 0.29) is 32.1 Å². The van der Waals surface area contributed by atoms with Crippen molar-refractivity contribution in [2.24, 2.45) is 0 Å². The Kier molecular flexibility index (Phi) is 8.37. The van der Waals surface area contributed by atoms with Crippen molar-refractivity contribution in [1.82, 2.24) is 10.6 Å². The van der Waals surface area contributed by atoms with Gasteiger partial charge in [0.15, 0.2) is 6.04 Å². The molecule has 9 nitrogen and oxygen atoms in total. The lowest BCUT2D eigenvalue weighted by Gasteiger charge is -2.21. The van der Waals surface area contributed by atoms with Crippen LogP contribution in [-0.2, 0) is 20.9 Å². The Morgan fingerprint density at radius 3 is 2.03 bits per heavy atom. The highest BCUT2D eigenvalue weighted by Crippen LogP contribution is 2.44. The normalized spacial score (nSPS) is 13.5. The van der Waals surface area contributed by atoms with E-state index in [4.69, 9.17) is 9.47 Å². The molecule has 0 aromatic heterocycles. The quantitative estimate of drug-likeness (QED) is 0.331. The van der Waals surface area contributed by atoms with Gasteiger partial charge in [-0.05, 0) is 34.2 Å². The van der Waals surface area contributed by atoms with Crippen molar-refractivity contribution in [1.29, 1.82) is 0 Å². The zero-order valence-corrected chi connectivity index (χ0v) is 20.0. The SMILES string of the molecule is O=C(NCCC(O)C(NC(=O)OCC1c2ccccc2-c2ccccc21)C(=O)O)OCc1ccccc1. The lowest BCUT2D eigenvalue weighted by Crippen LogP contribution is -2.50. The number of hydrogen-bond donors (Lipinski definition) is 4. The summed E-state index contributed by atoms with van der Waals surface area (Å²) in [5.74, 6) is -1.61. The second kappa shape index (κ2) is 12.0. The van der Waals surface area contributed by atoms with Gasteiger partial charge in [-0.15, -0.1) is 0 Å². The van der Waals surface area contributed by atoms with Gasteiger partial charge in [0.1, 0.15) is 13.2 Å². The molecule has 1 aliphatic carbocycles. The molecule has 2 amide bonds. The highest BCUT2D eigenvalue weighted by atomic mass is 16.6. The van der Waals surface area contributed by atoms with E-state index in [0.717, 1.165) is 27.8 Å². The summed E-state index contributed by atoms with van der Waals surface area (Å²) in [6.07, 6.45) is -3.25. The first kappa shape index (κ1) is 25.7. The van der Waals surface area contributed by atoms with Crippen LogP contribution in [0.2, 0.25) is 0 Å². The largest absolute Gasteiger partial charge is 0.480 e. The Bertz CT molecular complexity index is 1200. The van der Waals surface area contributed by atoms with Crippen LogP contribution in [0.5, 0.6) is 0 Å². The van der Waals surface area contributed by atoms with Gasteiger partial charge in [-0.2, -0.15) is 0 Å².